The van der Waals surface area contributed by atoms with Crippen LogP contribution in [0.25, 0.3) is 5.69 Å². The van der Waals surface area contributed by atoms with Crippen LogP contribution in [0.1, 0.15) is 27.2 Å². The number of amides is 1. The Morgan fingerprint density at radius 2 is 1.93 bits per heavy atom. The van der Waals surface area contributed by atoms with Gasteiger partial charge in [-0.3, -0.25) is 19.1 Å². The van der Waals surface area contributed by atoms with Gasteiger partial charge in [-0.2, -0.15) is 13.2 Å². The number of carbonyl (C=O) groups is 1. The number of halogens is 3. The molecular formula is C20H16F3N3O2. The smallest absolute Gasteiger partial charge is 0.348 e. The Balaban J connectivity index is 1.95. The molecule has 2 aromatic heterocycles. The molecule has 0 unspecified atom stereocenters. The maximum atomic E-state index is 13.0. The molecule has 0 bridgehead atoms. The van der Waals surface area contributed by atoms with E-state index >= 15 is 0 Å². The lowest BCUT2D eigenvalue weighted by Gasteiger charge is -2.14. The summed E-state index contributed by atoms with van der Waals surface area (Å²) >= 11 is 0. The zero-order chi connectivity index (χ0) is 20.3. The fourth-order valence-corrected chi connectivity index (χ4v) is 2.73. The zero-order valence-electron chi connectivity index (χ0n) is 14.8. The number of rotatable bonds is 4. The van der Waals surface area contributed by atoms with Gasteiger partial charge >= 0.3 is 6.18 Å². The van der Waals surface area contributed by atoms with Gasteiger partial charge in [0, 0.05) is 30.3 Å². The highest BCUT2D eigenvalue weighted by Gasteiger charge is 2.30. The maximum Gasteiger partial charge on any atom is 0.416 e. The lowest BCUT2D eigenvalue weighted by Crippen LogP contribution is -2.33. The van der Waals surface area contributed by atoms with Gasteiger partial charge in [0.2, 0.25) is 0 Å². The molecular weight excluding hydrogens is 371 g/mol. The van der Waals surface area contributed by atoms with Crippen molar-refractivity contribution in [2.24, 2.45) is 0 Å². The van der Waals surface area contributed by atoms with E-state index in [1.54, 1.807) is 31.5 Å². The monoisotopic (exact) mass is 387 g/mol. The molecule has 8 heteroatoms. The van der Waals surface area contributed by atoms with Crippen molar-refractivity contribution in [3.05, 3.63) is 93.7 Å². The first-order valence-corrected chi connectivity index (χ1v) is 8.35. The standard InChI is InChI=1S/C20H16F3N3O2/c1-13-7-8-17(18(27)25-12-14-4-3-9-24-11-14)19(28)26(13)16-6-2-5-15(10-16)20(21,22)23/h2-11H,12H2,1H3,(H,25,27). The molecule has 0 aliphatic carbocycles. The van der Waals surface area contributed by atoms with E-state index in [4.69, 9.17) is 0 Å². The van der Waals surface area contributed by atoms with E-state index in [0.29, 0.717) is 5.69 Å². The third kappa shape index (κ3) is 4.11. The van der Waals surface area contributed by atoms with Crippen molar-refractivity contribution < 1.29 is 18.0 Å². The molecule has 3 rings (SSSR count). The minimum absolute atomic E-state index is 0.0410. The van der Waals surface area contributed by atoms with Crippen LogP contribution in [0, 0.1) is 6.92 Å². The van der Waals surface area contributed by atoms with E-state index in [1.807, 2.05) is 0 Å². The summed E-state index contributed by atoms with van der Waals surface area (Å²) in [7, 11) is 0. The molecule has 0 saturated carbocycles. The van der Waals surface area contributed by atoms with Crippen LogP contribution in [-0.4, -0.2) is 15.5 Å². The minimum Gasteiger partial charge on any atom is -0.348 e. The lowest BCUT2D eigenvalue weighted by molar-refractivity contribution is -0.137. The summed E-state index contributed by atoms with van der Waals surface area (Å²) in [6.07, 6.45) is -1.36. The molecule has 5 nitrogen and oxygen atoms in total. The minimum atomic E-state index is -4.54. The molecule has 1 amide bonds. The summed E-state index contributed by atoms with van der Waals surface area (Å²) in [6, 6.07) is 10.8. The molecule has 0 aliphatic heterocycles. The van der Waals surface area contributed by atoms with Crippen molar-refractivity contribution in [1.29, 1.82) is 0 Å². The quantitative estimate of drug-likeness (QED) is 0.745. The van der Waals surface area contributed by atoms with Crippen LogP contribution < -0.4 is 10.9 Å². The Hall–Kier alpha value is -3.42. The van der Waals surface area contributed by atoms with Gasteiger partial charge < -0.3 is 5.32 Å². The summed E-state index contributed by atoms with van der Waals surface area (Å²) < 4.78 is 40.1. The number of carbonyl (C=O) groups excluding carboxylic acids is 1. The first-order valence-electron chi connectivity index (χ1n) is 8.35. The van der Waals surface area contributed by atoms with Crippen LogP contribution in [0.5, 0.6) is 0 Å². The first-order chi connectivity index (χ1) is 13.3. The number of nitrogens with one attached hydrogen (secondary N) is 1. The lowest BCUT2D eigenvalue weighted by atomic mass is 10.1. The maximum absolute atomic E-state index is 13.0. The van der Waals surface area contributed by atoms with Gasteiger partial charge in [-0.15, -0.1) is 0 Å². The fraction of sp³-hybridized carbons (Fsp3) is 0.150. The summed E-state index contributed by atoms with van der Waals surface area (Å²) in [5, 5.41) is 2.62. The van der Waals surface area contributed by atoms with Crippen molar-refractivity contribution in [3.63, 3.8) is 0 Å². The summed E-state index contributed by atoms with van der Waals surface area (Å²) in [5.41, 5.74) is -0.522. The molecule has 0 saturated heterocycles. The summed E-state index contributed by atoms with van der Waals surface area (Å²) in [5.74, 6) is -0.616. The Kier molecular flexibility index (Phi) is 5.30. The molecule has 0 aliphatic rings. The number of aromatic nitrogens is 2. The Bertz CT molecular complexity index is 1060. The Morgan fingerprint density at radius 3 is 2.61 bits per heavy atom. The number of pyridine rings is 2. The average molecular weight is 387 g/mol. The largest absolute Gasteiger partial charge is 0.416 e. The third-order valence-corrected chi connectivity index (χ3v) is 4.13. The van der Waals surface area contributed by atoms with Gasteiger partial charge in [0.1, 0.15) is 5.56 Å². The second-order valence-electron chi connectivity index (χ2n) is 6.12. The Morgan fingerprint density at radius 1 is 1.14 bits per heavy atom. The normalized spacial score (nSPS) is 11.3. The van der Waals surface area contributed by atoms with E-state index in [9.17, 15) is 22.8 Å². The molecule has 0 fully saturated rings. The van der Waals surface area contributed by atoms with Crippen molar-refractivity contribution in [3.8, 4) is 5.69 Å². The van der Waals surface area contributed by atoms with Crippen LogP contribution in [0.2, 0.25) is 0 Å². The highest BCUT2D eigenvalue weighted by atomic mass is 19.4. The number of hydrogen-bond acceptors (Lipinski definition) is 3. The van der Waals surface area contributed by atoms with E-state index in [2.05, 4.69) is 10.3 Å². The van der Waals surface area contributed by atoms with Crippen LogP contribution in [-0.2, 0) is 12.7 Å². The average Bonchev–Trinajstić information content (AvgIpc) is 2.67. The van der Waals surface area contributed by atoms with Gasteiger partial charge in [-0.05, 0) is 48.9 Å². The highest BCUT2D eigenvalue weighted by molar-refractivity contribution is 5.93. The molecule has 0 radical (unpaired) electrons. The second-order valence-corrected chi connectivity index (χ2v) is 6.12. The summed E-state index contributed by atoms with van der Waals surface area (Å²) in [6.45, 7) is 1.75. The number of hydrogen-bond donors (Lipinski definition) is 1. The van der Waals surface area contributed by atoms with E-state index in [-0.39, 0.29) is 17.8 Å². The molecule has 0 spiro atoms. The molecule has 1 N–H and O–H groups in total. The number of nitrogens with zero attached hydrogens (tertiary/aromatic N) is 2. The summed E-state index contributed by atoms with van der Waals surface area (Å²) in [4.78, 5) is 29.2. The van der Waals surface area contributed by atoms with Crippen LogP contribution in [0.3, 0.4) is 0 Å². The number of alkyl halides is 3. The predicted molar refractivity (Wildman–Crippen MR) is 97.2 cm³/mol. The Labute approximate surface area is 158 Å². The molecule has 28 heavy (non-hydrogen) atoms. The van der Waals surface area contributed by atoms with Crippen molar-refractivity contribution in [1.82, 2.24) is 14.9 Å². The predicted octanol–water partition coefficient (Wildman–Crippen LogP) is 3.49. The van der Waals surface area contributed by atoms with E-state index < -0.39 is 23.2 Å². The van der Waals surface area contributed by atoms with Crippen LogP contribution in [0.4, 0.5) is 13.2 Å². The number of benzene rings is 1. The molecule has 1 aromatic carbocycles. The van der Waals surface area contributed by atoms with Crippen LogP contribution >= 0.6 is 0 Å². The van der Waals surface area contributed by atoms with Crippen molar-refractivity contribution >= 4 is 5.91 Å². The van der Waals surface area contributed by atoms with Crippen LogP contribution in [0.15, 0.2) is 65.7 Å². The van der Waals surface area contributed by atoms with Gasteiger partial charge in [0.15, 0.2) is 0 Å². The van der Waals surface area contributed by atoms with Crippen molar-refractivity contribution in [2.75, 3.05) is 0 Å². The SMILES string of the molecule is Cc1ccc(C(=O)NCc2cccnc2)c(=O)n1-c1cccc(C(F)(F)F)c1. The fourth-order valence-electron chi connectivity index (χ4n) is 2.73. The van der Waals surface area contributed by atoms with Gasteiger partial charge in [0.25, 0.3) is 11.5 Å². The molecule has 2 heterocycles. The zero-order valence-corrected chi connectivity index (χ0v) is 14.8. The van der Waals surface area contributed by atoms with Gasteiger partial charge in [0.05, 0.1) is 5.56 Å². The molecule has 0 atom stereocenters. The van der Waals surface area contributed by atoms with E-state index in [1.165, 1.54) is 24.3 Å². The van der Waals surface area contributed by atoms with E-state index in [0.717, 1.165) is 22.3 Å². The highest BCUT2D eigenvalue weighted by Crippen LogP contribution is 2.30. The van der Waals surface area contributed by atoms with Crippen molar-refractivity contribution in [2.45, 2.75) is 19.6 Å². The number of aryl methyl sites for hydroxylation is 1. The third-order valence-electron chi connectivity index (χ3n) is 4.13. The molecule has 144 valence electrons. The van der Waals surface area contributed by atoms with Gasteiger partial charge in [-0.25, -0.2) is 0 Å². The molecule has 3 aromatic rings. The topological polar surface area (TPSA) is 64.0 Å². The first kappa shape index (κ1) is 19.3. The van der Waals surface area contributed by atoms with Gasteiger partial charge in [-0.1, -0.05) is 12.1 Å². The second kappa shape index (κ2) is 7.67.